The van der Waals surface area contributed by atoms with Crippen molar-refractivity contribution in [1.29, 1.82) is 0 Å². The molecule has 0 radical (unpaired) electrons. The van der Waals surface area contributed by atoms with Crippen molar-refractivity contribution in [3.05, 3.63) is 0 Å². The molecule has 0 aromatic carbocycles. The molecule has 1 unspecified atom stereocenters. The van der Waals surface area contributed by atoms with Crippen molar-refractivity contribution in [1.82, 2.24) is 5.32 Å². The van der Waals surface area contributed by atoms with Gasteiger partial charge in [0.15, 0.2) is 0 Å². The van der Waals surface area contributed by atoms with Crippen LogP contribution in [0.25, 0.3) is 0 Å². The third-order valence-electron chi connectivity index (χ3n) is 1.37. The summed E-state index contributed by atoms with van der Waals surface area (Å²) in [5, 5.41) is 11.6. The van der Waals surface area contributed by atoms with Crippen LogP contribution in [0.1, 0.15) is 27.7 Å². The number of hydrogen-bond donors (Lipinski definition) is 2. The average molecular weight is 147 g/mol. The highest BCUT2D eigenvalue weighted by atomic mass is 16.3. The van der Waals surface area contributed by atoms with E-state index >= 15 is 0 Å². The summed E-state index contributed by atoms with van der Waals surface area (Å²) in [5.74, 6) is 0.519. The fraction of sp³-hybridized carbons (Fsp3) is 1.00. The largest absolute Gasteiger partial charge is 0.395 e. The lowest BCUT2D eigenvalue weighted by atomic mass is 10.1. The predicted octanol–water partition coefficient (Wildman–Crippen LogP) is 1.25. The van der Waals surface area contributed by atoms with Crippen LogP contribution in [0, 0.1) is 5.92 Å². The van der Waals surface area contributed by atoms with E-state index in [1.165, 1.54) is 0 Å². The molecule has 0 spiro atoms. The van der Waals surface area contributed by atoms with Gasteiger partial charge in [-0.15, -0.1) is 0 Å². The average Bonchev–Trinajstić information content (AvgIpc) is 1.94. The van der Waals surface area contributed by atoms with Gasteiger partial charge in [0.2, 0.25) is 0 Å². The highest BCUT2D eigenvalue weighted by molar-refractivity contribution is 4.65. The first-order valence-corrected chi connectivity index (χ1v) is 4.00. The first kappa shape index (κ1) is 12.6. The molecule has 0 fully saturated rings. The Labute approximate surface area is 64.6 Å². The zero-order valence-electron chi connectivity index (χ0n) is 7.81. The Morgan fingerprint density at radius 2 is 1.70 bits per heavy atom. The number of aliphatic hydroxyl groups excluding tert-OH is 1. The Bertz CT molecular complexity index is 51.2. The molecule has 0 saturated carbocycles. The van der Waals surface area contributed by atoms with Gasteiger partial charge in [0.1, 0.15) is 0 Å². The molecule has 0 aliphatic rings. The summed E-state index contributed by atoms with van der Waals surface area (Å²) < 4.78 is 0. The molecular formula is C8H21NO. The Hall–Kier alpha value is -0.0800. The molecule has 0 rings (SSSR count). The van der Waals surface area contributed by atoms with Gasteiger partial charge in [0.25, 0.3) is 0 Å². The van der Waals surface area contributed by atoms with Crippen molar-refractivity contribution < 1.29 is 5.11 Å². The van der Waals surface area contributed by atoms with E-state index in [1.54, 1.807) is 0 Å². The maximum Gasteiger partial charge on any atom is 0.0587 e. The Morgan fingerprint density at radius 1 is 1.30 bits per heavy atom. The van der Waals surface area contributed by atoms with E-state index in [0.29, 0.717) is 5.92 Å². The molecule has 2 N–H and O–H groups in total. The molecule has 2 heteroatoms. The van der Waals surface area contributed by atoms with Crippen molar-refractivity contribution in [2.45, 2.75) is 33.7 Å². The first-order valence-electron chi connectivity index (χ1n) is 4.00. The lowest BCUT2D eigenvalue weighted by Gasteiger charge is -2.15. The van der Waals surface area contributed by atoms with Gasteiger partial charge in [-0.25, -0.2) is 0 Å². The fourth-order valence-corrected chi connectivity index (χ4v) is 0.635. The molecule has 2 nitrogen and oxygen atoms in total. The van der Waals surface area contributed by atoms with Crippen LogP contribution in [-0.2, 0) is 0 Å². The van der Waals surface area contributed by atoms with Crippen molar-refractivity contribution in [3.8, 4) is 0 Å². The van der Waals surface area contributed by atoms with Gasteiger partial charge in [0.05, 0.1) is 6.61 Å². The summed E-state index contributed by atoms with van der Waals surface area (Å²) in [6.07, 6.45) is 0. The molecule has 0 saturated heterocycles. The van der Waals surface area contributed by atoms with Crippen LogP contribution in [0.2, 0.25) is 0 Å². The third-order valence-corrected chi connectivity index (χ3v) is 1.37. The maximum absolute atomic E-state index is 8.63. The molecule has 0 heterocycles. The van der Waals surface area contributed by atoms with Gasteiger partial charge < -0.3 is 10.4 Å². The van der Waals surface area contributed by atoms with Crippen LogP contribution in [0.15, 0.2) is 0 Å². The van der Waals surface area contributed by atoms with Crippen molar-refractivity contribution in [3.63, 3.8) is 0 Å². The lowest BCUT2D eigenvalue weighted by Crippen LogP contribution is -2.33. The van der Waals surface area contributed by atoms with Crippen molar-refractivity contribution in [2.75, 3.05) is 13.7 Å². The summed E-state index contributed by atoms with van der Waals surface area (Å²) >= 11 is 0. The molecule has 0 amide bonds. The second-order valence-electron chi connectivity index (χ2n) is 2.32. The second-order valence-corrected chi connectivity index (χ2v) is 2.32. The fourth-order valence-electron chi connectivity index (χ4n) is 0.635. The lowest BCUT2D eigenvalue weighted by molar-refractivity contribution is 0.218. The SMILES string of the molecule is CC.CNC(CO)C(C)C. The van der Waals surface area contributed by atoms with Gasteiger partial charge in [-0.05, 0) is 13.0 Å². The zero-order valence-corrected chi connectivity index (χ0v) is 7.81. The molecule has 1 atom stereocenters. The normalized spacial score (nSPS) is 12.3. The van der Waals surface area contributed by atoms with Crippen molar-refractivity contribution in [2.24, 2.45) is 5.92 Å². The maximum atomic E-state index is 8.63. The van der Waals surface area contributed by atoms with Crippen LogP contribution in [0.4, 0.5) is 0 Å². The topological polar surface area (TPSA) is 32.3 Å². The van der Waals surface area contributed by atoms with Gasteiger partial charge in [-0.2, -0.15) is 0 Å². The molecular weight excluding hydrogens is 126 g/mol. The molecule has 0 bridgehead atoms. The molecule has 0 aliphatic carbocycles. The standard InChI is InChI=1S/C6H15NO.C2H6/c1-5(2)6(4-8)7-3;1-2/h5-8H,4H2,1-3H3;1-2H3. The summed E-state index contributed by atoms with van der Waals surface area (Å²) in [4.78, 5) is 0. The van der Waals surface area contributed by atoms with Gasteiger partial charge in [0, 0.05) is 6.04 Å². The first-order chi connectivity index (χ1) is 4.72. The highest BCUT2D eigenvalue weighted by Crippen LogP contribution is 1.97. The van der Waals surface area contributed by atoms with Gasteiger partial charge >= 0.3 is 0 Å². The van der Waals surface area contributed by atoms with E-state index in [0.717, 1.165) is 0 Å². The van der Waals surface area contributed by atoms with Crippen LogP contribution < -0.4 is 5.32 Å². The predicted molar refractivity (Wildman–Crippen MR) is 46.1 cm³/mol. The Balaban J connectivity index is 0. The van der Waals surface area contributed by atoms with E-state index in [9.17, 15) is 0 Å². The van der Waals surface area contributed by atoms with Crippen LogP contribution in [0.3, 0.4) is 0 Å². The third kappa shape index (κ3) is 6.05. The van der Waals surface area contributed by atoms with Gasteiger partial charge in [-0.1, -0.05) is 27.7 Å². The van der Waals surface area contributed by atoms with E-state index in [4.69, 9.17) is 5.11 Å². The van der Waals surface area contributed by atoms with Crippen LogP contribution in [0.5, 0.6) is 0 Å². The van der Waals surface area contributed by atoms with E-state index in [1.807, 2.05) is 20.9 Å². The molecule has 0 aliphatic heterocycles. The summed E-state index contributed by atoms with van der Waals surface area (Å²) in [6.45, 7) is 8.39. The second kappa shape index (κ2) is 8.92. The van der Waals surface area contributed by atoms with E-state index < -0.39 is 0 Å². The quantitative estimate of drug-likeness (QED) is 0.629. The minimum atomic E-state index is 0.230. The monoisotopic (exact) mass is 147 g/mol. The number of aliphatic hydroxyl groups is 1. The van der Waals surface area contributed by atoms with E-state index in [2.05, 4.69) is 19.2 Å². The van der Waals surface area contributed by atoms with Crippen LogP contribution in [-0.4, -0.2) is 24.8 Å². The molecule has 0 aromatic heterocycles. The zero-order chi connectivity index (χ0) is 8.57. The number of hydrogen-bond acceptors (Lipinski definition) is 2. The van der Waals surface area contributed by atoms with Crippen LogP contribution >= 0.6 is 0 Å². The minimum Gasteiger partial charge on any atom is -0.395 e. The summed E-state index contributed by atoms with van der Waals surface area (Å²) in [7, 11) is 1.86. The molecule has 0 aromatic rings. The molecule has 10 heavy (non-hydrogen) atoms. The minimum absolute atomic E-state index is 0.230. The number of nitrogens with one attached hydrogen (secondary N) is 1. The Morgan fingerprint density at radius 3 is 1.70 bits per heavy atom. The number of rotatable bonds is 3. The smallest absolute Gasteiger partial charge is 0.0587 e. The highest BCUT2D eigenvalue weighted by Gasteiger charge is 2.06. The van der Waals surface area contributed by atoms with Gasteiger partial charge in [-0.3, -0.25) is 0 Å². The summed E-state index contributed by atoms with van der Waals surface area (Å²) in [6, 6.07) is 0.259. The van der Waals surface area contributed by atoms with E-state index in [-0.39, 0.29) is 12.6 Å². The number of likely N-dealkylation sites (N-methyl/N-ethyl adjacent to an activating group) is 1. The van der Waals surface area contributed by atoms with Crippen molar-refractivity contribution >= 4 is 0 Å². The summed E-state index contributed by atoms with van der Waals surface area (Å²) in [5.41, 5.74) is 0. The Kier molecular flexibility index (Phi) is 11.2. The molecule has 64 valence electrons.